The van der Waals surface area contributed by atoms with E-state index < -0.39 is 11.6 Å². The number of rotatable bonds is 15. The van der Waals surface area contributed by atoms with Gasteiger partial charge in [0.2, 0.25) is 0 Å². The molecule has 0 spiro atoms. The normalized spacial score (nSPS) is 10.6. The summed E-state index contributed by atoms with van der Waals surface area (Å²) in [6, 6.07) is 0. The Morgan fingerprint density at radius 3 is 1.26 bits per heavy atom. The summed E-state index contributed by atoms with van der Waals surface area (Å²) in [5, 5.41) is 17.0. The molecule has 0 aliphatic heterocycles. The maximum atomic E-state index is 10.3. The maximum absolute atomic E-state index is 10.3. The summed E-state index contributed by atoms with van der Waals surface area (Å²) in [5.41, 5.74) is -0.500. The van der Waals surface area contributed by atoms with Gasteiger partial charge in [0.25, 0.3) is 0 Å². The molecule has 0 aromatic heterocycles. The molecular formula is C22H46O4Zr. The van der Waals surface area contributed by atoms with E-state index in [0.29, 0.717) is 31.1 Å². The number of hydrogen-bond donors (Lipinski definition) is 2. The van der Waals surface area contributed by atoms with E-state index in [1.54, 1.807) is 20.8 Å². The molecule has 0 saturated carbocycles. The first-order chi connectivity index (χ1) is 12.6. The minimum atomic E-state index is -0.654. The van der Waals surface area contributed by atoms with Crippen LogP contribution in [0.1, 0.15) is 125 Å². The Labute approximate surface area is 184 Å². The first kappa shape index (κ1) is 31.8. The van der Waals surface area contributed by atoms with Gasteiger partial charge in [-0.1, -0.05) is 90.9 Å². The van der Waals surface area contributed by atoms with Gasteiger partial charge >= 0.3 is 33.5 Å². The topological polar surface area (TPSA) is 74.6 Å². The van der Waals surface area contributed by atoms with E-state index in [4.69, 9.17) is 13.0 Å². The molecule has 0 aliphatic carbocycles. The van der Waals surface area contributed by atoms with Gasteiger partial charge in [0, 0.05) is 6.42 Å². The van der Waals surface area contributed by atoms with Crippen LogP contribution < -0.4 is 0 Å². The Kier molecular flexibility index (Phi) is 28.4. The van der Waals surface area contributed by atoms with Gasteiger partial charge in [-0.25, -0.2) is 0 Å². The van der Waals surface area contributed by atoms with Gasteiger partial charge in [0.1, 0.15) is 0 Å². The Balaban J connectivity index is -0.000000705. The number of hydrogen-bond acceptors (Lipinski definition) is 3. The fourth-order valence-corrected chi connectivity index (χ4v) is 2.60. The molecule has 2 N–H and O–H groups in total. The summed E-state index contributed by atoms with van der Waals surface area (Å²) in [4.78, 5) is 10.3. The number of carboxylic acids is 1. The number of aliphatic hydroxyl groups is 1. The van der Waals surface area contributed by atoms with Gasteiger partial charge in [-0.05, 0) is 33.1 Å². The van der Waals surface area contributed by atoms with Crippen LogP contribution in [0.5, 0.6) is 0 Å². The molecule has 0 aromatic rings. The van der Waals surface area contributed by atoms with Gasteiger partial charge in [0.05, 0.1) is 5.60 Å². The molecule has 0 aromatic carbocycles. The van der Waals surface area contributed by atoms with Crippen LogP contribution in [-0.4, -0.2) is 21.8 Å². The standard InChI is InChI=1S/C18H36O2.C4H10O.O.Zr/c1-17(2)15-13-11-9-7-5-3-4-6-8-10-12-14-16-18(19)20;1-4(2,3)5;;/h17H,3-16H2,1-2H3,(H,19,20);5H,1-3H3;;. The van der Waals surface area contributed by atoms with Gasteiger partial charge in [0.15, 0.2) is 0 Å². The van der Waals surface area contributed by atoms with E-state index >= 15 is 0 Å². The van der Waals surface area contributed by atoms with E-state index in [9.17, 15) is 4.79 Å². The zero-order chi connectivity index (χ0) is 21.6. The molecule has 0 aliphatic rings. The summed E-state index contributed by atoms with van der Waals surface area (Å²) in [7, 11) is 0. The van der Waals surface area contributed by atoms with Crippen molar-refractivity contribution < 1.29 is 42.5 Å². The van der Waals surface area contributed by atoms with Crippen LogP contribution >= 0.6 is 0 Å². The van der Waals surface area contributed by atoms with Crippen molar-refractivity contribution in [3.05, 3.63) is 0 Å². The number of aliphatic carboxylic acids is 1. The fourth-order valence-electron chi connectivity index (χ4n) is 2.60. The Hall–Kier alpha value is 0.113. The van der Waals surface area contributed by atoms with Crippen molar-refractivity contribution in [3.63, 3.8) is 0 Å². The zero-order valence-electron chi connectivity index (χ0n) is 18.7. The number of carbonyl (C=O) groups is 1. The van der Waals surface area contributed by atoms with E-state index in [0.717, 1.165) is 18.8 Å². The molecule has 4 nitrogen and oxygen atoms in total. The third-order valence-corrected chi connectivity index (χ3v) is 3.92. The molecule has 162 valence electrons. The van der Waals surface area contributed by atoms with Crippen molar-refractivity contribution in [3.8, 4) is 0 Å². The minimum absolute atomic E-state index is 0.300. The Morgan fingerprint density at radius 1 is 0.741 bits per heavy atom. The van der Waals surface area contributed by atoms with Crippen LogP contribution in [0.25, 0.3) is 0 Å². The van der Waals surface area contributed by atoms with Crippen molar-refractivity contribution in [1.29, 1.82) is 0 Å². The predicted octanol–water partition coefficient (Wildman–Crippen LogP) is 6.84. The second kappa shape index (κ2) is 24.2. The third-order valence-electron chi connectivity index (χ3n) is 3.92. The van der Waals surface area contributed by atoms with Crippen LogP contribution in [0, 0.1) is 5.92 Å². The quantitative estimate of drug-likeness (QED) is 0.259. The molecular weight excluding hydrogens is 419 g/mol. The van der Waals surface area contributed by atoms with Crippen LogP contribution in [0.2, 0.25) is 0 Å². The van der Waals surface area contributed by atoms with Gasteiger partial charge in [-0.3, -0.25) is 4.79 Å². The molecule has 0 amide bonds. The van der Waals surface area contributed by atoms with E-state index in [1.165, 1.54) is 70.6 Å². The van der Waals surface area contributed by atoms with Crippen molar-refractivity contribution >= 4 is 5.97 Å². The SMILES string of the molecule is CC(C)(C)O.CC(C)CCCCCCCCCCCCCCC(=O)O.[O]=[Zr]. The van der Waals surface area contributed by atoms with Gasteiger partial charge in [-0.2, -0.15) is 0 Å². The first-order valence-corrected chi connectivity index (χ1v) is 11.8. The van der Waals surface area contributed by atoms with Gasteiger partial charge < -0.3 is 10.2 Å². The van der Waals surface area contributed by atoms with E-state index in [-0.39, 0.29) is 0 Å². The Morgan fingerprint density at radius 2 is 1.00 bits per heavy atom. The summed E-state index contributed by atoms with van der Waals surface area (Å²) >= 11 is 0.300. The monoisotopic (exact) mass is 464 g/mol. The second-order valence-corrected chi connectivity index (χ2v) is 8.74. The van der Waals surface area contributed by atoms with Crippen LogP contribution in [0.15, 0.2) is 0 Å². The van der Waals surface area contributed by atoms with Crippen LogP contribution in [0.3, 0.4) is 0 Å². The number of carboxylic acid groups (broad SMARTS) is 1. The number of unbranched alkanes of at least 4 members (excludes halogenated alkanes) is 11. The van der Waals surface area contributed by atoms with Gasteiger partial charge in [-0.15, -0.1) is 0 Å². The summed E-state index contributed by atoms with van der Waals surface area (Å²) < 4.78 is 8.34. The predicted molar refractivity (Wildman–Crippen MR) is 110 cm³/mol. The first-order valence-electron chi connectivity index (χ1n) is 10.8. The average molecular weight is 466 g/mol. The molecule has 0 radical (unpaired) electrons. The molecule has 0 unspecified atom stereocenters. The van der Waals surface area contributed by atoms with Crippen molar-refractivity contribution in [1.82, 2.24) is 0 Å². The molecule has 0 fully saturated rings. The molecule has 0 rings (SSSR count). The molecule has 27 heavy (non-hydrogen) atoms. The average Bonchev–Trinajstić information content (AvgIpc) is 2.55. The summed E-state index contributed by atoms with van der Waals surface area (Å²) in [5.74, 6) is 0.212. The molecule has 5 heteroatoms. The third kappa shape index (κ3) is 51.8. The van der Waals surface area contributed by atoms with Crippen LogP contribution in [0.4, 0.5) is 0 Å². The fraction of sp³-hybridized carbons (Fsp3) is 0.955. The van der Waals surface area contributed by atoms with Crippen LogP contribution in [-0.2, 0) is 32.3 Å². The van der Waals surface area contributed by atoms with E-state index in [2.05, 4.69) is 13.8 Å². The Bertz CT molecular complexity index is 295. The molecule has 0 saturated heterocycles. The molecule has 0 heterocycles. The summed E-state index contributed by atoms with van der Waals surface area (Å²) in [6.07, 6.45) is 17.3. The zero-order valence-corrected chi connectivity index (χ0v) is 21.1. The molecule has 0 bridgehead atoms. The van der Waals surface area contributed by atoms with Crippen molar-refractivity contribution in [2.45, 2.75) is 130 Å². The van der Waals surface area contributed by atoms with Crippen molar-refractivity contribution in [2.24, 2.45) is 5.92 Å². The molecule has 0 atom stereocenters. The van der Waals surface area contributed by atoms with E-state index in [1.807, 2.05) is 0 Å². The summed E-state index contributed by atoms with van der Waals surface area (Å²) in [6.45, 7) is 9.84. The van der Waals surface area contributed by atoms with Crippen molar-refractivity contribution in [2.75, 3.05) is 0 Å². The second-order valence-electron chi connectivity index (χ2n) is 8.74.